The molecule has 19 heavy (non-hydrogen) atoms. The molecule has 0 amide bonds. The highest BCUT2D eigenvalue weighted by Gasteiger charge is 2.15. The van der Waals surface area contributed by atoms with Crippen LogP contribution in [0, 0.1) is 5.82 Å². The van der Waals surface area contributed by atoms with Crippen molar-refractivity contribution in [3.63, 3.8) is 0 Å². The highest BCUT2D eigenvalue weighted by molar-refractivity contribution is 5.20. The minimum absolute atomic E-state index is 0.275. The second-order valence-electron chi connectivity index (χ2n) is 4.58. The van der Waals surface area contributed by atoms with Gasteiger partial charge in [-0.2, -0.15) is 5.10 Å². The first-order chi connectivity index (χ1) is 9.13. The number of nitrogens with zero attached hydrogens (tertiary/aromatic N) is 2. The smallest absolute Gasteiger partial charge is 0.123 e. The molecule has 2 rings (SSSR count). The predicted octanol–water partition coefficient (Wildman–Crippen LogP) is 2.88. The molecule has 0 bridgehead atoms. The maximum absolute atomic E-state index is 13.1. The van der Waals surface area contributed by atoms with E-state index in [1.807, 2.05) is 30.7 Å². The molecule has 1 atom stereocenters. The number of benzene rings is 1. The standard InChI is InChI=1S/C15H19FN2O/c1-3-13-10-14(18(4-2)17-13)15(19)9-11-6-5-7-12(16)8-11/h5-8,10,15,19H,3-4,9H2,1-2H3. The molecule has 0 aliphatic rings. The molecule has 1 aromatic heterocycles. The number of aromatic nitrogens is 2. The van der Waals surface area contributed by atoms with Gasteiger partial charge < -0.3 is 5.11 Å². The summed E-state index contributed by atoms with van der Waals surface area (Å²) in [5, 5.41) is 14.7. The van der Waals surface area contributed by atoms with Crippen LogP contribution in [-0.2, 0) is 19.4 Å². The Kier molecular flexibility index (Phi) is 4.32. The summed E-state index contributed by atoms with van der Waals surface area (Å²) in [6.45, 7) is 4.74. The fraction of sp³-hybridized carbons (Fsp3) is 0.400. The summed E-state index contributed by atoms with van der Waals surface area (Å²) >= 11 is 0. The Morgan fingerprint density at radius 1 is 1.32 bits per heavy atom. The summed E-state index contributed by atoms with van der Waals surface area (Å²) < 4.78 is 14.9. The summed E-state index contributed by atoms with van der Waals surface area (Å²) in [6, 6.07) is 8.26. The Bertz CT molecular complexity index is 551. The molecule has 0 fully saturated rings. The topological polar surface area (TPSA) is 38.0 Å². The molecule has 2 aromatic rings. The van der Waals surface area contributed by atoms with Gasteiger partial charge in [0.05, 0.1) is 17.5 Å². The van der Waals surface area contributed by atoms with Gasteiger partial charge >= 0.3 is 0 Å². The van der Waals surface area contributed by atoms with E-state index in [0.29, 0.717) is 6.42 Å². The molecule has 0 saturated heterocycles. The molecule has 1 aromatic carbocycles. The number of aliphatic hydroxyl groups is 1. The van der Waals surface area contributed by atoms with Crippen LogP contribution in [0.15, 0.2) is 30.3 Å². The van der Waals surface area contributed by atoms with Gasteiger partial charge in [-0.15, -0.1) is 0 Å². The molecular formula is C15H19FN2O. The molecule has 0 aliphatic heterocycles. The average Bonchev–Trinajstić information content (AvgIpc) is 2.82. The van der Waals surface area contributed by atoms with Crippen LogP contribution < -0.4 is 0 Å². The molecule has 3 nitrogen and oxygen atoms in total. The molecule has 1 heterocycles. The SMILES string of the molecule is CCc1cc(C(O)Cc2cccc(F)c2)n(CC)n1. The van der Waals surface area contributed by atoms with Crippen molar-refractivity contribution >= 4 is 0 Å². The van der Waals surface area contributed by atoms with E-state index in [1.165, 1.54) is 12.1 Å². The van der Waals surface area contributed by atoms with E-state index in [2.05, 4.69) is 5.10 Å². The summed E-state index contributed by atoms with van der Waals surface area (Å²) in [5.41, 5.74) is 2.55. The van der Waals surface area contributed by atoms with Crippen LogP contribution in [0.3, 0.4) is 0 Å². The van der Waals surface area contributed by atoms with E-state index in [1.54, 1.807) is 6.07 Å². The predicted molar refractivity (Wildman–Crippen MR) is 72.3 cm³/mol. The van der Waals surface area contributed by atoms with Crippen molar-refractivity contribution in [3.05, 3.63) is 53.1 Å². The van der Waals surface area contributed by atoms with E-state index in [0.717, 1.165) is 29.9 Å². The van der Waals surface area contributed by atoms with Crippen LogP contribution in [0.1, 0.15) is 36.9 Å². The molecule has 0 radical (unpaired) electrons. The molecule has 0 spiro atoms. The van der Waals surface area contributed by atoms with Crippen molar-refractivity contribution in [1.29, 1.82) is 0 Å². The maximum Gasteiger partial charge on any atom is 0.123 e. The van der Waals surface area contributed by atoms with E-state index < -0.39 is 6.10 Å². The fourth-order valence-electron chi connectivity index (χ4n) is 2.17. The molecule has 0 saturated carbocycles. The number of rotatable bonds is 5. The Morgan fingerprint density at radius 2 is 2.11 bits per heavy atom. The minimum atomic E-state index is -0.658. The fourth-order valence-corrected chi connectivity index (χ4v) is 2.17. The lowest BCUT2D eigenvalue weighted by Gasteiger charge is -2.12. The van der Waals surface area contributed by atoms with Crippen LogP contribution in [0.25, 0.3) is 0 Å². The monoisotopic (exact) mass is 262 g/mol. The van der Waals surface area contributed by atoms with Crippen LogP contribution >= 0.6 is 0 Å². The zero-order valence-electron chi connectivity index (χ0n) is 11.3. The lowest BCUT2D eigenvalue weighted by atomic mass is 10.1. The van der Waals surface area contributed by atoms with Crippen molar-refractivity contribution in [1.82, 2.24) is 9.78 Å². The zero-order valence-corrected chi connectivity index (χ0v) is 11.3. The van der Waals surface area contributed by atoms with E-state index in [-0.39, 0.29) is 5.82 Å². The van der Waals surface area contributed by atoms with Gasteiger partial charge in [-0.3, -0.25) is 4.68 Å². The maximum atomic E-state index is 13.1. The quantitative estimate of drug-likeness (QED) is 0.899. The molecule has 1 N–H and O–H groups in total. The molecule has 1 unspecified atom stereocenters. The molecule has 102 valence electrons. The van der Waals surface area contributed by atoms with E-state index >= 15 is 0 Å². The van der Waals surface area contributed by atoms with Gasteiger partial charge in [-0.05, 0) is 37.1 Å². The first kappa shape index (κ1) is 13.7. The van der Waals surface area contributed by atoms with Gasteiger partial charge in [-0.1, -0.05) is 19.1 Å². The third-order valence-electron chi connectivity index (χ3n) is 3.18. The highest BCUT2D eigenvalue weighted by Crippen LogP contribution is 2.20. The molecular weight excluding hydrogens is 243 g/mol. The molecule has 0 aliphatic carbocycles. The third-order valence-corrected chi connectivity index (χ3v) is 3.18. The van der Waals surface area contributed by atoms with Crippen LogP contribution in [-0.4, -0.2) is 14.9 Å². The number of aryl methyl sites for hydroxylation is 2. The largest absolute Gasteiger partial charge is 0.386 e. The van der Waals surface area contributed by atoms with Gasteiger partial charge in [-0.25, -0.2) is 4.39 Å². The minimum Gasteiger partial charge on any atom is -0.386 e. The van der Waals surface area contributed by atoms with Crippen molar-refractivity contribution in [2.45, 2.75) is 39.3 Å². The highest BCUT2D eigenvalue weighted by atomic mass is 19.1. The van der Waals surface area contributed by atoms with E-state index in [4.69, 9.17) is 0 Å². The summed E-state index contributed by atoms with van der Waals surface area (Å²) in [4.78, 5) is 0. The number of hydrogen-bond acceptors (Lipinski definition) is 2. The normalized spacial score (nSPS) is 12.6. The lowest BCUT2D eigenvalue weighted by Crippen LogP contribution is -2.10. The second-order valence-corrected chi connectivity index (χ2v) is 4.58. The Hall–Kier alpha value is -1.68. The number of aliphatic hydroxyl groups excluding tert-OH is 1. The number of halogens is 1. The summed E-state index contributed by atoms with van der Waals surface area (Å²) in [7, 11) is 0. The van der Waals surface area contributed by atoms with Crippen LogP contribution in [0.2, 0.25) is 0 Å². The molecule has 4 heteroatoms. The average molecular weight is 262 g/mol. The first-order valence-electron chi connectivity index (χ1n) is 6.63. The van der Waals surface area contributed by atoms with Gasteiger partial charge in [0, 0.05) is 13.0 Å². The van der Waals surface area contributed by atoms with Crippen molar-refractivity contribution < 1.29 is 9.50 Å². The third kappa shape index (κ3) is 3.20. The van der Waals surface area contributed by atoms with Crippen molar-refractivity contribution in [2.24, 2.45) is 0 Å². The zero-order chi connectivity index (χ0) is 13.8. The van der Waals surface area contributed by atoms with Crippen LogP contribution in [0.4, 0.5) is 4.39 Å². The van der Waals surface area contributed by atoms with Gasteiger partial charge in [0.25, 0.3) is 0 Å². The van der Waals surface area contributed by atoms with E-state index in [9.17, 15) is 9.50 Å². The van der Waals surface area contributed by atoms with Crippen LogP contribution in [0.5, 0.6) is 0 Å². The Balaban J connectivity index is 2.19. The van der Waals surface area contributed by atoms with Gasteiger partial charge in [0.15, 0.2) is 0 Å². The van der Waals surface area contributed by atoms with Gasteiger partial charge in [0.2, 0.25) is 0 Å². The summed E-state index contributed by atoms with van der Waals surface area (Å²) in [6.07, 6.45) is 0.578. The van der Waals surface area contributed by atoms with Gasteiger partial charge in [0.1, 0.15) is 5.82 Å². The van der Waals surface area contributed by atoms with Crippen molar-refractivity contribution in [3.8, 4) is 0 Å². The Labute approximate surface area is 112 Å². The van der Waals surface area contributed by atoms with Crippen molar-refractivity contribution in [2.75, 3.05) is 0 Å². The lowest BCUT2D eigenvalue weighted by molar-refractivity contribution is 0.167. The first-order valence-corrected chi connectivity index (χ1v) is 6.63. The number of hydrogen-bond donors (Lipinski definition) is 1. The summed E-state index contributed by atoms with van der Waals surface area (Å²) in [5.74, 6) is -0.275. The second kappa shape index (κ2) is 5.97. The Morgan fingerprint density at radius 3 is 2.74 bits per heavy atom.